The lowest BCUT2D eigenvalue weighted by molar-refractivity contribution is 0.101. The Labute approximate surface area is 149 Å². The van der Waals surface area contributed by atoms with Crippen molar-refractivity contribution in [2.75, 3.05) is 11.9 Å². The van der Waals surface area contributed by atoms with E-state index in [9.17, 15) is 9.59 Å². The Morgan fingerprint density at radius 3 is 2.72 bits per heavy atom. The molecule has 0 saturated heterocycles. The number of para-hydroxylation sites is 1. The average Bonchev–Trinajstić information content (AvgIpc) is 3.13. The fourth-order valence-electron chi connectivity index (χ4n) is 2.63. The topological polar surface area (TPSA) is 84.2 Å². The molecule has 2 N–H and O–H groups in total. The quantitative estimate of drug-likeness (QED) is 0.654. The Bertz CT molecular complexity index is 909. The van der Waals surface area contributed by atoms with E-state index in [1.807, 2.05) is 31.2 Å². The molecule has 0 unspecified atom stereocenters. The first-order valence-electron chi connectivity index (χ1n) is 8.06. The van der Waals surface area contributed by atoms with Crippen LogP contribution < -0.4 is 10.6 Å². The molecule has 0 aliphatic carbocycles. The number of nitrogens with zero attached hydrogens (tertiary/aromatic N) is 1. The first kappa shape index (κ1) is 17.2. The number of anilines is 1. The van der Waals surface area contributed by atoms with Crippen LogP contribution in [0.15, 0.2) is 28.7 Å². The van der Waals surface area contributed by atoms with Gasteiger partial charge in [0, 0.05) is 6.54 Å². The maximum atomic E-state index is 12.1. The number of fused-ring (bicyclic) bond motifs is 1. The molecule has 3 rings (SSSR count). The third kappa shape index (κ3) is 3.41. The van der Waals surface area contributed by atoms with Gasteiger partial charge in [-0.25, -0.2) is 9.78 Å². The molecule has 1 aromatic carbocycles. The lowest BCUT2D eigenvalue weighted by Crippen LogP contribution is -2.29. The number of aryl methyl sites for hydroxylation is 1. The summed E-state index contributed by atoms with van der Waals surface area (Å²) in [5, 5.41) is 6.08. The van der Waals surface area contributed by atoms with Gasteiger partial charge in [0.05, 0.1) is 21.3 Å². The molecule has 0 fully saturated rings. The van der Waals surface area contributed by atoms with Crippen LogP contribution in [0.2, 0.25) is 0 Å². The Morgan fingerprint density at radius 2 is 2.04 bits per heavy atom. The lowest BCUT2D eigenvalue weighted by Gasteiger charge is -2.05. The van der Waals surface area contributed by atoms with E-state index >= 15 is 0 Å². The van der Waals surface area contributed by atoms with E-state index in [0.717, 1.165) is 16.6 Å². The molecule has 3 aromatic rings. The number of rotatable bonds is 5. The zero-order valence-corrected chi connectivity index (χ0v) is 15.1. The van der Waals surface area contributed by atoms with E-state index < -0.39 is 0 Å². The fourth-order valence-corrected chi connectivity index (χ4v) is 3.64. The maximum Gasteiger partial charge on any atom is 0.321 e. The SMILES string of the molecule is CCCNC(=O)Nc1oc(C)c(C(C)=O)c1-c1nc2ccccc2s1. The van der Waals surface area contributed by atoms with Crippen molar-refractivity contribution < 1.29 is 14.0 Å². The van der Waals surface area contributed by atoms with Crippen molar-refractivity contribution in [3.8, 4) is 10.6 Å². The minimum atomic E-state index is -0.368. The molecule has 0 radical (unpaired) electrons. The summed E-state index contributed by atoms with van der Waals surface area (Å²) in [5.41, 5.74) is 1.83. The van der Waals surface area contributed by atoms with Crippen molar-refractivity contribution >= 4 is 39.3 Å². The number of amides is 2. The number of thiazole rings is 1. The Hall–Kier alpha value is -2.67. The molecule has 0 aliphatic heterocycles. The summed E-state index contributed by atoms with van der Waals surface area (Å²) in [7, 11) is 0. The van der Waals surface area contributed by atoms with Gasteiger partial charge in [-0.2, -0.15) is 0 Å². The van der Waals surface area contributed by atoms with Gasteiger partial charge in [0.25, 0.3) is 0 Å². The number of carbonyl (C=O) groups is 2. The number of urea groups is 1. The van der Waals surface area contributed by atoms with Crippen LogP contribution in [0, 0.1) is 6.92 Å². The van der Waals surface area contributed by atoms with Gasteiger partial charge >= 0.3 is 6.03 Å². The number of Topliss-reactive ketones (excluding diaryl/α,β-unsaturated/α-hetero) is 1. The van der Waals surface area contributed by atoms with Crippen molar-refractivity contribution in [1.82, 2.24) is 10.3 Å². The van der Waals surface area contributed by atoms with E-state index in [-0.39, 0.29) is 17.7 Å². The molecule has 0 spiro atoms. The van der Waals surface area contributed by atoms with Crippen LogP contribution in [0.25, 0.3) is 20.8 Å². The Kier molecular flexibility index (Phi) is 4.85. The van der Waals surface area contributed by atoms with Gasteiger partial charge in [0.2, 0.25) is 5.88 Å². The number of carbonyl (C=O) groups excluding carboxylic acids is 2. The molecule has 0 saturated carbocycles. The van der Waals surface area contributed by atoms with E-state index in [2.05, 4.69) is 15.6 Å². The zero-order chi connectivity index (χ0) is 18.0. The predicted octanol–water partition coefficient (Wildman–Crippen LogP) is 4.60. The highest BCUT2D eigenvalue weighted by molar-refractivity contribution is 7.21. The van der Waals surface area contributed by atoms with Crippen LogP contribution in [0.5, 0.6) is 0 Å². The summed E-state index contributed by atoms with van der Waals surface area (Å²) in [4.78, 5) is 28.8. The van der Waals surface area contributed by atoms with Crippen molar-refractivity contribution in [3.63, 3.8) is 0 Å². The summed E-state index contributed by atoms with van der Waals surface area (Å²) < 4.78 is 6.69. The standard InChI is InChI=1S/C18H19N3O3S/c1-4-9-19-18(23)21-16-15(14(10(2)22)11(3)24-16)17-20-12-7-5-6-8-13(12)25-17/h5-8H,4,9H2,1-3H3,(H2,19,21,23). The molecular formula is C18H19N3O3S. The van der Waals surface area contributed by atoms with Gasteiger partial charge in [-0.05, 0) is 32.4 Å². The van der Waals surface area contributed by atoms with E-state index in [1.165, 1.54) is 18.3 Å². The van der Waals surface area contributed by atoms with Crippen LogP contribution in [0.3, 0.4) is 0 Å². The number of benzene rings is 1. The predicted molar refractivity (Wildman–Crippen MR) is 99.4 cm³/mol. The number of ketones is 1. The molecule has 25 heavy (non-hydrogen) atoms. The second kappa shape index (κ2) is 7.06. The van der Waals surface area contributed by atoms with Gasteiger partial charge in [-0.1, -0.05) is 19.1 Å². The van der Waals surface area contributed by atoms with Crippen LogP contribution in [-0.2, 0) is 0 Å². The van der Waals surface area contributed by atoms with Crippen LogP contribution in [-0.4, -0.2) is 23.3 Å². The smallest absolute Gasteiger partial charge is 0.321 e. The number of furan rings is 1. The molecule has 2 aromatic heterocycles. The number of aromatic nitrogens is 1. The molecule has 6 nitrogen and oxygen atoms in total. The van der Waals surface area contributed by atoms with Crippen LogP contribution >= 0.6 is 11.3 Å². The van der Waals surface area contributed by atoms with Gasteiger partial charge in [0.1, 0.15) is 10.8 Å². The number of nitrogens with one attached hydrogen (secondary N) is 2. The molecule has 2 heterocycles. The monoisotopic (exact) mass is 357 g/mol. The fraction of sp³-hybridized carbons (Fsp3) is 0.278. The average molecular weight is 357 g/mol. The van der Waals surface area contributed by atoms with Crippen LogP contribution in [0.1, 0.15) is 36.4 Å². The van der Waals surface area contributed by atoms with E-state index in [0.29, 0.717) is 28.4 Å². The number of hydrogen-bond acceptors (Lipinski definition) is 5. The Morgan fingerprint density at radius 1 is 1.28 bits per heavy atom. The largest absolute Gasteiger partial charge is 0.444 e. The van der Waals surface area contributed by atoms with Crippen molar-refractivity contribution in [3.05, 3.63) is 35.6 Å². The van der Waals surface area contributed by atoms with Gasteiger partial charge in [-0.15, -0.1) is 11.3 Å². The molecule has 2 amide bonds. The minimum absolute atomic E-state index is 0.127. The second-order valence-corrected chi connectivity index (χ2v) is 6.69. The van der Waals surface area contributed by atoms with Gasteiger partial charge < -0.3 is 9.73 Å². The zero-order valence-electron chi connectivity index (χ0n) is 14.3. The minimum Gasteiger partial charge on any atom is -0.444 e. The highest BCUT2D eigenvalue weighted by atomic mass is 32.1. The summed E-state index contributed by atoms with van der Waals surface area (Å²) in [5.74, 6) is 0.584. The molecule has 7 heteroatoms. The third-order valence-electron chi connectivity index (χ3n) is 3.71. The lowest BCUT2D eigenvalue weighted by atomic mass is 10.1. The third-order valence-corrected chi connectivity index (χ3v) is 4.76. The van der Waals surface area contributed by atoms with Gasteiger partial charge in [-0.3, -0.25) is 10.1 Å². The molecule has 130 valence electrons. The highest BCUT2D eigenvalue weighted by Crippen LogP contribution is 2.40. The second-order valence-electron chi connectivity index (χ2n) is 5.66. The molecule has 0 aliphatic rings. The van der Waals surface area contributed by atoms with E-state index in [1.54, 1.807) is 6.92 Å². The number of hydrogen-bond donors (Lipinski definition) is 2. The first-order chi connectivity index (χ1) is 12.0. The highest BCUT2D eigenvalue weighted by Gasteiger charge is 2.26. The van der Waals surface area contributed by atoms with Crippen molar-refractivity contribution in [2.24, 2.45) is 0 Å². The first-order valence-corrected chi connectivity index (χ1v) is 8.88. The summed E-state index contributed by atoms with van der Waals surface area (Å²) in [6.45, 7) is 5.72. The molecular weight excluding hydrogens is 338 g/mol. The molecule has 0 bridgehead atoms. The summed E-state index contributed by atoms with van der Waals surface area (Å²) in [6.07, 6.45) is 0.827. The molecule has 0 atom stereocenters. The van der Waals surface area contributed by atoms with Gasteiger partial charge in [0.15, 0.2) is 5.78 Å². The summed E-state index contributed by atoms with van der Waals surface area (Å²) in [6, 6.07) is 7.37. The van der Waals surface area contributed by atoms with Crippen molar-refractivity contribution in [1.29, 1.82) is 0 Å². The van der Waals surface area contributed by atoms with Crippen LogP contribution in [0.4, 0.5) is 10.7 Å². The van der Waals surface area contributed by atoms with E-state index in [4.69, 9.17) is 4.42 Å². The Balaban J connectivity index is 2.09. The van der Waals surface area contributed by atoms with Crippen molar-refractivity contribution in [2.45, 2.75) is 27.2 Å². The summed E-state index contributed by atoms with van der Waals surface area (Å²) >= 11 is 1.46. The normalized spacial score (nSPS) is 10.8. The maximum absolute atomic E-state index is 12.1.